The molecule has 1 heterocycles. The van der Waals surface area contributed by atoms with Gasteiger partial charge in [-0.15, -0.1) is 0 Å². The van der Waals surface area contributed by atoms with Crippen LogP contribution >= 0.6 is 0 Å². The van der Waals surface area contributed by atoms with E-state index < -0.39 is 23.3 Å². The molecule has 15 heavy (non-hydrogen) atoms. The zero-order chi connectivity index (χ0) is 11.6. The molecule has 1 aliphatic heterocycles. The lowest BCUT2D eigenvalue weighted by Gasteiger charge is -2.33. The Balaban J connectivity index is 3.23. The number of allylic oxidation sites excluding steroid dienone is 1. The Bertz CT molecular complexity index is 338. The van der Waals surface area contributed by atoms with Crippen molar-refractivity contribution < 1.29 is 14.4 Å². The van der Waals surface area contributed by atoms with Crippen LogP contribution in [0.25, 0.3) is 0 Å². The van der Waals surface area contributed by atoms with Crippen molar-refractivity contribution in [1.29, 1.82) is 0 Å². The van der Waals surface area contributed by atoms with Crippen LogP contribution in [0.2, 0.25) is 0 Å². The summed E-state index contributed by atoms with van der Waals surface area (Å²) in [5, 5.41) is 4.23. The zero-order valence-corrected chi connectivity index (χ0v) is 9.01. The van der Waals surface area contributed by atoms with Gasteiger partial charge in [-0.2, -0.15) is 0 Å². The Morgan fingerprint density at radius 3 is 2.07 bits per heavy atom. The average Bonchev–Trinajstić information content (AvgIpc) is 2.17. The molecule has 5 heteroatoms. The van der Waals surface area contributed by atoms with Crippen molar-refractivity contribution in [1.82, 2.24) is 10.6 Å². The second-order valence-electron chi connectivity index (χ2n) is 3.47. The lowest BCUT2D eigenvalue weighted by Crippen LogP contribution is -2.62. The van der Waals surface area contributed by atoms with E-state index in [0.717, 1.165) is 0 Å². The number of nitrogens with one attached hydrogen (secondary N) is 2. The molecule has 0 bridgehead atoms. The van der Waals surface area contributed by atoms with Crippen molar-refractivity contribution in [3.63, 3.8) is 0 Å². The van der Waals surface area contributed by atoms with Crippen molar-refractivity contribution in [3.8, 4) is 0 Å². The molecule has 2 N–H and O–H groups in total. The topological polar surface area (TPSA) is 75.3 Å². The van der Waals surface area contributed by atoms with Crippen LogP contribution in [0, 0.1) is 5.41 Å². The molecule has 1 saturated heterocycles. The van der Waals surface area contributed by atoms with Gasteiger partial charge < -0.3 is 0 Å². The largest absolute Gasteiger partial charge is 0.328 e. The Morgan fingerprint density at radius 1 is 1.27 bits per heavy atom. The standard InChI is InChI=1S/C10H14N2O3/c1-4-6(3)10(5-2)7(13)11-9(15)12-8(10)14/h4H,5H2,1-3H3,(H2,11,12,13,14,15)/b6-4-. The lowest BCUT2D eigenvalue weighted by atomic mass is 9.75. The molecule has 0 spiro atoms. The van der Waals surface area contributed by atoms with Gasteiger partial charge in [-0.25, -0.2) is 4.79 Å². The predicted octanol–water partition coefficient (Wildman–Crippen LogP) is 0.715. The highest BCUT2D eigenvalue weighted by Gasteiger charge is 2.49. The first kappa shape index (κ1) is 11.4. The maximum Gasteiger partial charge on any atom is 0.328 e. The molecule has 4 amide bonds. The number of barbiturate groups is 1. The maximum absolute atomic E-state index is 11.7. The second kappa shape index (κ2) is 3.84. The van der Waals surface area contributed by atoms with Crippen molar-refractivity contribution in [2.75, 3.05) is 0 Å². The number of rotatable bonds is 2. The first-order valence-corrected chi connectivity index (χ1v) is 4.79. The van der Waals surface area contributed by atoms with Crippen molar-refractivity contribution in [3.05, 3.63) is 11.6 Å². The third-order valence-electron chi connectivity index (χ3n) is 2.87. The van der Waals surface area contributed by atoms with E-state index in [0.29, 0.717) is 12.0 Å². The highest BCUT2D eigenvalue weighted by atomic mass is 16.2. The molecule has 5 nitrogen and oxygen atoms in total. The molecule has 0 aromatic rings. The molecule has 1 aliphatic rings. The van der Waals surface area contributed by atoms with Crippen molar-refractivity contribution in [2.24, 2.45) is 5.41 Å². The lowest BCUT2D eigenvalue weighted by molar-refractivity contribution is -0.141. The normalized spacial score (nSPS) is 21.0. The molecule has 0 aromatic carbocycles. The van der Waals surface area contributed by atoms with Crippen LogP contribution in [0.1, 0.15) is 27.2 Å². The van der Waals surface area contributed by atoms with Gasteiger partial charge in [0.05, 0.1) is 0 Å². The van der Waals surface area contributed by atoms with Gasteiger partial charge in [0.2, 0.25) is 11.8 Å². The van der Waals surface area contributed by atoms with E-state index in [1.165, 1.54) is 0 Å². The van der Waals surface area contributed by atoms with Crippen molar-refractivity contribution in [2.45, 2.75) is 27.2 Å². The van der Waals surface area contributed by atoms with E-state index in [1.807, 2.05) is 0 Å². The Morgan fingerprint density at radius 2 is 1.73 bits per heavy atom. The van der Waals surface area contributed by atoms with Crippen LogP contribution in [0.5, 0.6) is 0 Å². The summed E-state index contributed by atoms with van der Waals surface area (Å²) in [5.41, 5.74) is -0.588. The number of hydrogen-bond donors (Lipinski definition) is 2. The summed E-state index contributed by atoms with van der Waals surface area (Å²) in [7, 11) is 0. The van der Waals surface area contributed by atoms with Crippen LogP contribution in [-0.4, -0.2) is 17.8 Å². The van der Waals surface area contributed by atoms with E-state index in [1.54, 1.807) is 26.8 Å². The summed E-state index contributed by atoms with van der Waals surface area (Å²) in [4.78, 5) is 34.4. The summed E-state index contributed by atoms with van der Waals surface area (Å²) in [6.45, 7) is 5.20. The third-order valence-corrected chi connectivity index (χ3v) is 2.87. The molecule has 0 saturated carbocycles. The fourth-order valence-electron chi connectivity index (χ4n) is 1.76. The quantitative estimate of drug-likeness (QED) is 0.520. The smallest absolute Gasteiger partial charge is 0.277 e. The van der Waals surface area contributed by atoms with Crippen LogP contribution in [0.15, 0.2) is 11.6 Å². The zero-order valence-electron chi connectivity index (χ0n) is 9.01. The molecule has 0 aliphatic carbocycles. The Kier molecular flexibility index (Phi) is 2.93. The molecular formula is C10H14N2O3. The molecule has 1 rings (SSSR count). The number of urea groups is 1. The molecule has 0 radical (unpaired) electrons. The number of amides is 4. The summed E-state index contributed by atoms with van der Waals surface area (Å²) in [5.74, 6) is -1.09. The van der Waals surface area contributed by atoms with E-state index in [2.05, 4.69) is 10.6 Å². The number of imide groups is 2. The minimum Gasteiger partial charge on any atom is -0.277 e. The second-order valence-corrected chi connectivity index (χ2v) is 3.47. The molecule has 1 fully saturated rings. The molecule has 0 aromatic heterocycles. The van der Waals surface area contributed by atoms with Gasteiger partial charge in [0, 0.05) is 0 Å². The summed E-state index contributed by atoms with van der Waals surface area (Å²) in [6.07, 6.45) is 2.03. The van der Waals surface area contributed by atoms with Gasteiger partial charge in [-0.3, -0.25) is 20.2 Å². The molecule has 82 valence electrons. The van der Waals surface area contributed by atoms with Gasteiger partial charge in [0.1, 0.15) is 5.41 Å². The van der Waals surface area contributed by atoms with Gasteiger partial charge in [-0.05, 0) is 20.3 Å². The number of carbonyl (C=O) groups is 3. The van der Waals surface area contributed by atoms with E-state index >= 15 is 0 Å². The monoisotopic (exact) mass is 210 g/mol. The van der Waals surface area contributed by atoms with Crippen LogP contribution in [0.4, 0.5) is 4.79 Å². The van der Waals surface area contributed by atoms with Crippen molar-refractivity contribution >= 4 is 17.8 Å². The highest BCUT2D eigenvalue weighted by Crippen LogP contribution is 2.33. The molecule has 0 atom stereocenters. The molecule has 0 unspecified atom stereocenters. The Hall–Kier alpha value is -1.65. The number of carbonyl (C=O) groups excluding carboxylic acids is 3. The van der Waals surface area contributed by atoms with Crippen LogP contribution < -0.4 is 10.6 Å². The maximum atomic E-state index is 11.7. The first-order valence-electron chi connectivity index (χ1n) is 4.79. The summed E-state index contributed by atoms with van der Waals surface area (Å²) in [6, 6.07) is -0.752. The van der Waals surface area contributed by atoms with Gasteiger partial charge in [0.25, 0.3) is 0 Å². The molecular weight excluding hydrogens is 196 g/mol. The van der Waals surface area contributed by atoms with Gasteiger partial charge in [0.15, 0.2) is 0 Å². The van der Waals surface area contributed by atoms with Gasteiger partial charge >= 0.3 is 6.03 Å². The van der Waals surface area contributed by atoms with Crippen LogP contribution in [0.3, 0.4) is 0 Å². The van der Waals surface area contributed by atoms with Crippen LogP contribution in [-0.2, 0) is 9.59 Å². The summed E-state index contributed by atoms with van der Waals surface area (Å²) < 4.78 is 0. The Labute approximate surface area is 87.9 Å². The predicted molar refractivity (Wildman–Crippen MR) is 53.8 cm³/mol. The average molecular weight is 210 g/mol. The minimum atomic E-state index is -1.23. The number of hydrogen-bond acceptors (Lipinski definition) is 3. The third kappa shape index (κ3) is 1.54. The van der Waals surface area contributed by atoms with E-state index in [-0.39, 0.29) is 0 Å². The fourth-order valence-corrected chi connectivity index (χ4v) is 1.76. The highest BCUT2D eigenvalue weighted by molar-refractivity contribution is 6.20. The van der Waals surface area contributed by atoms with E-state index in [9.17, 15) is 14.4 Å². The van der Waals surface area contributed by atoms with Gasteiger partial charge in [-0.1, -0.05) is 18.6 Å². The minimum absolute atomic E-state index is 0.328. The summed E-state index contributed by atoms with van der Waals surface area (Å²) >= 11 is 0. The van der Waals surface area contributed by atoms with E-state index in [4.69, 9.17) is 0 Å². The fraction of sp³-hybridized carbons (Fsp3) is 0.500. The first-order chi connectivity index (χ1) is 6.98. The SMILES string of the molecule is C/C=C(/C)C1(CC)C(=O)NC(=O)NC1=O.